The molecule has 4 nitrogen and oxygen atoms in total. The van der Waals surface area contributed by atoms with Gasteiger partial charge in [0.25, 0.3) is 0 Å². The van der Waals surface area contributed by atoms with E-state index in [0.29, 0.717) is 0 Å². The van der Waals surface area contributed by atoms with Crippen LogP contribution in [0.1, 0.15) is 27.2 Å². The molecule has 0 aliphatic carbocycles. The molecule has 1 N–H and O–H groups in total. The molecule has 1 saturated heterocycles. The molecule has 108 valence electrons. The SMILES string of the molecule is CN1CCN(CCCOCCNC(C)(C)C)CC1. The van der Waals surface area contributed by atoms with Crippen LogP contribution >= 0.6 is 0 Å². The van der Waals surface area contributed by atoms with Gasteiger partial charge in [0, 0.05) is 51.4 Å². The monoisotopic (exact) mass is 257 g/mol. The van der Waals surface area contributed by atoms with E-state index in [9.17, 15) is 0 Å². The van der Waals surface area contributed by atoms with E-state index in [-0.39, 0.29) is 5.54 Å². The number of hydrogen-bond donors (Lipinski definition) is 1. The zero-order chi connectivity index (χ0) is 13.4. The number of piperazine rings is 1. The van der Waals surface area contributed by atoms with E-state index in [4.69, 9.17) is 4.74 Å². The van der Waals surface area contributed by atoms with Gasteiger partial charge in [-0.3, -0.25) is 0 Å². The highest BCUT2D eigenvalue weighted by atomic mass is 16.5. The second-order valence-electron chi connectivity index (χ2n) is 6.29. The molecule has 0 aromatic rings. The summed E-state index contributed by atoms with van der Waals surface area (Å²) in [6, 6.07) is 0. The van der Waals surface area contributed by atoms with Crippen LogP contribution in [0.25, 0.3) is 0 Å². The molecule has 0 unspecified atom stereocenters. The summed E-state index contributed by atoms with van der Waals surface area (Å²) in [6.45, 7) is 15.2. The molecule has 1 aliphatic rings. The van der Waals surface area contributed by atoms with E-state index in [2.05, 4.69) is 42.9 Å². The molecule has 1 rings (SSSR count). The smallest absolute Gasteiger partial charge is 0.0591 e. The summed E-state index contributed by atoms with van der Waals surface area (Å²) in [4.78, 5) is 4.93. The lowest BCUT2D eigenvalue weighted by molar-refractivity contribution is 0.104. The van der Waals surface area contributed by atoms with Crippen molar-refractivity contribution in [3.8, 4) is 0 Å². The van der Waals surface area contributed by atoms with E-state index >= 15 is 0 Å². The van der Waals surface area contributed by atoms with Crippen molar-refractivity contribution in [1.82, 2.24) is 15.1 Å². The Bertz CT molecular complexity index is 208. The third kappa shape index (κ3) is 8.03. The van der Waals surface area contributed by atoms with Crippen molar-refractivity contribution < 1.29 is 4.74 Å². The van der Waals surface area contributed by atoms with Crippen LogP contribution in [-0.2, 0) is 4.74 Å². The molecule has 0 radical (unpaired) electrons. The molecule has 1 aliphatic heterocycles. The Kier molecular flexibility index (Phi) is 7.15. The summed E-state index contributed by atoms with van der Waals surface area (Å²) in [6.07, 6.45) is 1.15. The van der Waals surface area contributed by atoms with Crippen LogP contribution in [0.15, 0.2) is 0 Å². The molecule has 0 saturated carbocycles. The van der Waals surface area contributed by atoms with Gasteiger partial charge < -0.3 is 19.9 Å². The molecular weight excluding hydrogens is 226 g/mol. The first-order valence-electron chi connectivity index (χ1n) is 7.21. The molecule has 4 heteroatoms. The fourth-order valence-corrected chi connectivity index (χ4v) is 2.06. The fraction of sp³-hybridized carbons (Fsp3) is 1.00. The Hall–Kier alpha value is -0.160. The van der Waals surface area contributed by atoms with Gasteiger partial charge in [0.2, 0.25) is 0 Å². The Morgan fingerprint density at radius 3 is 2.33 bits per heavy atom. The Morgan fingerprint density at radius 1 is 1.06 bits per heavy atom. The molecule has 18 heavy (non-hydrogen) atoms. The van der Waals surface area contributed by atoms with Gasteiger partial charge in [-0.15, -0.1) is 0 Å². The van der Waals surface area contributed by atoms with Gasteiger partial charge in [-0.05, 0) is 34.2 Å². The molecular formula is C14H31N3O. The quantitative estimate of drug-likeness (QED) is 0.690. The minimum Gasteiger partial charge on any atom is -0.380 e. The van der Waals surface area contributed by atoms with Crippen molar-refractivity contribution in [2.24, 2.45) is 0 Å². The molecule has 0 aromatic heterocycles. The van der Waals surface area contributed by atoms with Crippen molar-refractivity contribution >= 4 is 0 Å². The summed E-state index contributed by atoms with van der Waals surface area (Å²) < 4.78 is 5.64. The van der Waals surface area contributed by atoms with Crippen LogP contribution < -0.4 is 5.32 Å². The molecule has 0 aromatic carbocycles. The highest BCUT2D eigenvalue weighted by molar-refractivity contribution is 4.70. The largest absolute Gasteiger partial charge is 0.380 e. The van der Waals surface area contributed by atoms with Crippen molar-refractivity contribution in [3.05, 3.63) is 0 Å². The van der Waals surface area contributed by atoms with E-state index in [1.165, 1.54) is 32.7 Å². The van der Waals surface area contributed by atoms with Gasteiger partial charge >= 0.3 is 0 Å². The van der Waals surface area contributed by atoms with Gasteiger partial charge in [0.1, 0.15) is 0 Å². The first-order chi connectivity index (χ1) is 8.47. The highest BCUT2D eigenvalue weighted by Gasteiger charge is 2.12. The maximum absolute atomic E-state index is 5.64. The van der Waals surface area contributed by atoms with E-state index < -0.39 is 0 Å². The number of hydrogen-bond acceptors (Lipinski definition) is 4. The van der Waals surface area contributed by atoms with Crippen LogP contribution in [-0.4, -0.2) is 74.9 Å². The molecule has 0 amide bonds. The lowest BCUT2D eigenvalue weighted by Crippen LogP contribution is -2.44. The Morgan fingerprint density at radius 2 is 1.72 bits per heavy atom. The van der Waals surface area contributed by atoms with Crippen LogP contribution in [0.5, 0.6) is 0 Å². The maximum Gasteiger partial charge on any atom is 0.0591 e. The molecule has 1 heterocycles. The molecule has 1 fully saturated rings. The Labute approximate surface area is 113 Å². The number of nitrogens with one attached hydrogen (secondary N) is 1. The summed E-state index contributed by atoms with van der Waals surface area (Å²) in [5.74, 6) is 0. The summed E-state index contributed by atoms with van der Waals surface area (Å²) in [5, 5.41) is 3.43. The highest BCUT2D eigenvalue weighted by Crippen LogP contribution is 2.00. The molecule has 0 bridgehead atoms. The second-order valence-corrected chi connectivity index (χ2v) is 6.29. The zero-order valence-corrected chi connectivity index (χ0v) is 12.7. The molecule has 0 spiro atoms. The minimum absolute atomic E-state index is 0.198. The fourth-order valence-electron chi connectivity index (χ4n) is 2.06. The second kappa shape index (κ2) is 8.10. The maximum atomic E-state index is 5.64. The first-order valence-corrected chi connectivity index (χ1v) is 7.21. The summed E-state index contributed by atoms with van der Waals surface area (Å²) >= 11 is 0. The number of likely N-dealkylation sites (N-methyl/N-ethyl adjacent to an activating group) is 1. The third-order valence-corrected chi connectivity index (χ3v) is 3.26. The normalized spacial score (nSPS) is 19.3. The predicted octanol–water partition coefficient (Wildman–Crippen LogP) is 1.03. The van der Waals surface area contributed by atoms with Gasteiger partial charge in [-0.25, -0.2) is 0 Å². The molecule has 0 atom stereocenters. The average Bonchev–Trinajstić information content (AvgIpc) is 2.29. The van der Waals surface area contributed by atoms with Gasteiger partial charge in [0.05, 0.1) is 6.61 Å². The van der Waals surface area contributed by atoms with E-state index in [1.54, 1.807) is 0 Å². The minimum atomic E-state index is 0.198. The summed E-state index contributed by atoms with van der Waals surface area (Å²) in [7, 11) is 2.20. The number of nitrogens with zero attached hydrogens (tertiary/aromatic N) is 2. The van der Waals surface area contributed by atoms with Gasteiger partial charge in [-0.1, -0.05) is 0 Å². The Balaban J connectivity index is 1.87. The average molecular weight is 257 g/mol. The van der Waals surface area contributed by atoms with Crippen LogP contribution in [0.2, 0.25) is 0 Å². The lowest BCUT2D eigenvalue weighted by atomic mass is 10.1. The van der Waals surface area contributed by atoms with Crippen molar-refractivity contribution in [2.45, 2.75) is 32.7 Å². The van der Waals surface area contributed by atoms with Gasteiger partial charge in [0.15, 0.2) is 0 Å². The van der Waals surface area contributed by atoms with Crippen molar-refractivity contribution in [1.29, 1.82) is 0 Å². The van der Waals surface area contributed by atoms with Crippen molar-refractivity contribution in [2.75, 3.05) is 59.5 Å². The van der Waals surface area contributed by atoms with E-state index in [1.807, 2.05) is 0 Å². The zero-order valence-electron chi connectivity index (χ0n) is 12.7. The lowest BCUT2D eigenvalue weighted by Gasteiger charge is -2.32. The van der Waals surface area contributed by atoms with Crippen molar-refractivity contribution in [3.63, 3.8) is 0 Å². The first kappa shape index (κ1) is 15.9. The standard InChI is InChI=1S/C14H31N3O/c1-14(2,3)15-6-13-18-12-5-7-17-10-8-16(4)9-11-17/h15H,5-13H2,1-4H3. The van der Waals surface area contributed by atoms with Gasteiger partial charge in [-0.2, -0.15) is 0 Å². The number of rotatable bonds is 7. The van der Waals surface area contributed by atoms with Crippen LogP contribution in [0.4, 0.5) is 0 Å². The number of ether oxygens (including phenoxy) is 1. The van der Waals surface area contributed by atoms with Crippen LogP contribution in [0, 0.1) is 0 Å². The predicted molar refractivity (Wildman–Crippen MR) is 77.1 cm³/mol. The summed E-state index contributed by atoms with van der Waals surface area (Å²) in [5.41, 5.74) is 0.198. The third-order valence-electron chi connectivity index (χ3n) is 3.26. The van der Waals surface area contributed by atoms with E-state index in [0.717, 1.165) is 26.2 Å². The topological polar surface area (TPSA) is 27.7 Å². The van der Waals surface area contributed by atoms with Crippen LogP contribution in [0.3, 0.4) is 0 Å².